The molecule has 1 rings (SSSR count). The molecule has 1 aromatic carbocycles. The molecular weight excluding hydrogens is 217 g/mol. The monoisotopic (exact) mass is 235 g/mol. The van der Waals surface area contributed by atoms with E-state index >= 15 is 0 Å². The van der Waals surface area contributed by atoms with Crippen LogP contribution in [0.2, 0.25) is 0 Å². The molecule has 0 saturated heterocycles. The highest BCUT2D eigenvalue weighted by atomic mass is 19.1. The second kappa shape index (κ2) is 6.03. The normalized spacial score (nSPS) is 11.7. The second-order valence-electron chi connectivity index (χ2n) is 3.83. The summed E-state index contributed by atoms with van der Waals surface area (Å²) >= 11 is 0. The van der Waals surface area contributed by atoms with Crippen molar-refractivity contribution in [3.63, 3.8) is 0 Å². The van der Waals surface area contributed by atoms with Crippen molar-refractivity contribution in [1.82, 2.24) is 5.32 Å². The molecule has 1 unspecified atom stereocenters. The van der Waals surface area contributed by atoms with Gasteiger partial charge in [0.1, 0.15) is 11.6 Å². The van der Waals surface area contributed by atoms with Crippen molar-refractivity contribution >= 4 is 12.4 Å². The Morgan fingerprint density at radius 1 is 1.47 bits per heavy atom. The van der Waals surface area contributed by atoms with Crippen molar-refractivity contribution in [3.05, 3.63) is 42.5 Å². The van der Waals surface area contributed by atoms with Gasteiger partial charge in [0.05, 0.1) is 5.69 Å². The largest absolute Gasteiger partial charge is 0.368 e. The predicted molar refractivity (Wildman–Crippen MR) is 70.5 cm³/mol. The lowest BCUT2D eigenvalue weighted by Crippen LogP contribution is -2.32. The first kappa shape index (κ1) is 13.2. The first-order valence-electron chi connectivity index (χ1n) is 5.56. The SMILES string of the molecule is C=NN(C(=C)NC(C)CC)c1ccc(F)cc1. The fourth-order valence-corrected chi connectivity index (χ4v) is 1.35. The molecule has 4 heteroatoms. The number of rotatable bonds is 6. The van der Waals surface area contributed by atoms with E-state index in [0.29, 0.717) is 11.9 Å². The summed E-state index contributed by atoms with van der Waals surface area (Å²) in [6.45, 7) is 11.5. The summed E-state index contributed by atoms with van der Waals surface area (Å²) in [4.78, 5) is 0. The standard InChI is InChI=1S/C13H18FN3/c1-5-10(2)16-11(3)17(15-4)13-8-6-12(14)7-9-13/h6-10,16H,3-5H2,1-2H3. The van der Waals surface area contributed by atoms with Crippen LogP contribution in [0.1, 0.15) is 20.3 Å². The van der Waals surface area contributed by atoms with E-state index in [9.17, 15) is 4.39 Å². The Morgan fingerprint density at radius 3 is 2.53 bits per heavy atom. The second-order valence-corrected chi connectivity index (χ2v) is 3.83. The molecule has 0 fully saturated rings. The number of hydrogen-bond acceptors (Lipinski definition) is 3. The lowest BCUT2D eigenvalue weighted by atomic mass is 10.2. The average Bonchev–Trinajstić information content (AvgIpc) is 2.32. The van der Waals surface area contributed by atoms with Gasteiger partial charge in [-0.15, -0.1) is 0 Å². The van der Waals surface area contributed by atoms with Gasteiger partial charge >= 0.3 is 0 Å². The van der Waals surface area contributed by atoms with Crippen LogP contribution in [0.5, 0.6) is 0 Å². The highest BCUT2D eigenvalue weighted by Crippen LogP contribution is 2.18. The van der Waals surface area contributed by atoms with E-state index in [-0.39, 0.29) is 5.82 Å². The number of hydrazone groups is 1. The molecule has 0 aromatic heterocycles. The van der Waals surface area contributed by atoms with Gasteiger partial charge in [-0.25, -0.2) is 9.40 Å². The fourth-order valence-electron chi connectivity index (χ4n) is 1.35. The third kappa shape index (κ3) is 3.59. The number of benzene rings is 1. The molecule has 0 heterocycles. The van der Waals surface area contributed by atoms with Crippen molar-refractivity contribution in [2.24, 2.45) is 5.10 Å². The topological polar surface area (TPSA) is 27.6 Å². The van der Waals surface area contributed by atoms with Crippen LogP contribution >= 0.6 is 0 Å². The van der Waals surface area contributed by atoms with Gasteiger partial charge in [-0.3, -0.25) is 0 Å². The van der Waals surface area contributed by atoms with Gasteiger partial charge in [0, 0.05) is 12.8 Å². The Labute approximate surface area is 102 Å². The summed E-state index contributed by atoms with van der Waals surface area (Å²) in [7, 11) is 0. The zero-order valence-corrected chi connectivity index (χ0v) is 10.3. The summed E-state index contributed by atoms with van der Waals surface area (Å²) in [5, 5.41) is 8.62. The van der Waals surface area contributed by atoms with Gasteiger partial charge in [-0.2, -0.15) is 5.10 Å². The van der Waals surface area contributed by atoms with E-state index in [1.54, 1.807) is 17.1 Å². The van der Waals surface area contributed by atoms with Crippen LogP contribution in [0.25, 0.3) is 0 Å². The number of anilines is 1. The Hall–Kier alpha value is -1.84. The van der Waals surface area contributed by atoms with E-state index < -0.39 is 0 Å². The predicted octanol–water partition coefficient (Wildman–Crippen LogP) is 3.11. The molecule has 0 aliphatic carbocycles. The van der Waals surface area contributed by atoms with E-state index in [1.807, 2.05) is 0 Å². The molecule has 0 aliphatic heterocycles. The molecule has 0 aliphatic rings. The van der Waals surface area contributed by atoms with Crippen LogP contribution in [-0.2, 0) is 0 Å². The molecule has 92 valence electrons. The Balaban J connectivity index is 2.80. The first-order valence-corrected chi connectivity index (χ1v) is 5.56. The van der Waals surface area contributed by atoms with Gasteiger partial charge in [0.15, 0.2) is 0 Å². The summed E-state index contributed by atoms with van der Waals surface area (Å²) in [5.41, 5.74) is 0.724. The Morgan fingerprint density at radius 2 is 2.06 bits per heavy atom. The van der Waals surface area contributed by atoms with Crippen molar-refractivity contribution in [3.8, 4) is 0 Å². The Bertz CT molecular complexity index is 386. The summed E-state index contributed by atoms with van der Waals surface area (Å²) in [6, 6.07) is 6.32. The van der Waals surface area contributed by atoms with Gasteiger partial charge in [-0.1, -0.05) is 13.5 Å². The van der Waals surface area contributed by atoms with E-state index in [1.165, 1.54) is 12.1 Å². The highest BCUT2D eigenvalue weighted by molar-refractivity contribution is 5.52. The fraction of sp³-hybridized carbons (Fsp3) is 0.308. The average molecular weight is 235 g/mol. The van der Waals surface area contributed by atoms with E-state index in [2.05, 4.69) is 37.6 Å². The molecular formula is C13H18FN3. The molecule has 3 nitrogen and oxygen atoms in total. The van der Waals surface area contributed by atoms with E-state index in [4.69, 9.17) is 0 Å². The molecule has 0 spiro atoms. The zero-order chi connectivity index (χ0) is 12.8. The third-order valence-electron chi connectivity index (χ3n) is 2.49. The van der Waals surface area contributed by atoms with Crippen LogP contribution in [0.4, 0.5) is 10.1 Å². The van der Waals surface area contributed by atoms with Crippen molar-refractivity contribution in [2.75, 3.05) is 5.01 Å². The summed E-state index contributed by atoms with van der Waals surface area (Å²) in [6.07, 6.45) is 0.980. The molecule has 1 aromatic rings. The maximum absolute atomic E-state index is 12.8. The summed E-state index contributed by atoms with van der Waals surface area (Å²) in [5.74, 6) is 0.346. The number of nitrogens with one attached hydrogen (secondary N) is 1. The van der Waals surface area contributed by atoms with Crippen molar-refractivity contribution in [1.29, 1.82) is 0 Å². The van der Waals surface area contributed by atoms with Gasteiger partial charge in [-0.05, 0) is 37.6 Å². The van der Waals surface area contributed by atoms with Crippen LogP contribution in [0.3, 0.4) is 0 Å². The molecule has 1 atom stereocenters. The van der Waals surface area contributed by atoms with Crippen LogP contribution < -0.4 is 10.3 Å². The quantitative estimate of drug-likeness (QED) is 0.606. The molecule has 0 bridgehead atoms. The third-order valence-corrected chi connectivity index (χ3v) is 2.49. The number of hydrogen-bond donors (Lipinski definition) is 1. The molecule has 0 radical (unpaired) electrons. The van der Waals surface area contributed by atoms with Crippen LogP contribution in [0.15, 0.2) is 41.8 Å². The van der Waals surface area contributed by atoms with E-state index in [0.717, 1.165) is 12.1 Å². The van der Waals surface area contributed by atoms with Crippen LogP contribution in [-0.4, -0.2) is 12.8 Å². The number of nitrogens with zero attached hydrogens (tertiary/aromatic N) is 2. The smallest absolute Gasteiger partial charge is 0.123 e. The van der Waals surface area contributed by atoms with Gasteiger partial charge < -0.3 is 5.32 Å². The number of halogens is 1. The minimum Gasteiger partial charge on any atom is -0.368 e. The van der Waals surface area contributed by atoms with Gasteiger partial charge in [0.2, 0.25) is 0 Å². The molecule has 0 saturated carbocycles. The van der Waals surface area contributed by atoms with Crippen molar-refractivity contribution < 1.29 is 4.39 Å². The molecule has 17 heavy (non-hydrogen) atoms. The lowest BCUT2D eigenvalue weighted by Gasteiger charge is -2.24. The molecule has 1 N–H and O–H groups in total. The minimum atomic E-state index is -0.279. The highest BCUT2D eigenvalue weighted by Gasteiger charge is 2.10. The lowest BCUT2D eigenvalue weighted by molar-refractivity contribution is 0.582. The minimum absolute atomic E-state index is 0.279. The first-order chi connectivity index (χ1) is 8.08. The summed E-state index contributed by atoms with van der Waals surface area (Å²) < 4.78 is 12.8. The van der Waals surface area contributed by atoms with Crippen LogP contribution in [0, 0.1) is 5.82 Å². The van der Waals surface area contributed by atoms with Gasteiger partial charge in [0.25, 0.3) is 0 Å². The van der Waals surface area contributed by atoms with Crippen molar-refractivity contribution in [2.45, 2.75) is 26.3 Å². The maximum Gasteiger partial charge on any atom is 0.123 e. The molecule has 0 amide bonds. The zero-order valence-electron chi connectivity index (χ0n) is 10.3. The Kier molecular flexibility index (Phi) is 4.69. The maximum atomic E-state index is 12.8.